The third-order valence-electron chi connectivity index (χ3n) is 3.49. The normalized spacial score (nSPS) is 11.7. The van der Waals surface area contributed by atoms with Crippen molar-refractivity contribution in [1.82, 2.24) is 4.31 Å². The summed E-state index contributed by atoms with van der Waals surface area (Å²) in [5.41, 5.74) is 0.965. The Morgan fingerprint density at radius 1 is 1.15 bits per heavy atom. The van der Waals surface area contributed by atoms with E-state index in [4.69, 9.17) is 4.74 Å². The molecule has 0 radical (unpaired) electrons. The van der Waals surface area contributed by atoms with Gasteiger partial charge in [-0.2, -0.15) is 0 Å². The number of benzene rings is 2. The van der Waals surface area contributed by atoms with Crippen molar-refractivity contribution in [2.75, 3.05) is 26.5 Å². The Hall–Kier alpha value is -2.71. The number of amides is 1. The van der Waals surface area contributed by atoms with Gasteiger partial charge in [-0.15, -0.1) is 0 Å². The number of nitrogens with one attached hydrogen (secondary N) is 1. The number of hydrogen-bond acceptors (Lipinski definition) is 4. The summed E-state index contributed by atoms with van der Waals surface area (Å²) in [6.45, 7) is 0. The lowest BCUT2D eigenvalue weighted by atomic mass is 10.2. The number of anilines is 1. The molecule has 2 aromatic rings. The van der Waals surface area contributed by atoms with Gasteiger partial charge in [0.15, 0.2) is 0 Å². The first-order valence-corrected chi connectivity index (χ1v) is 9.03. The Labute approximate surface area is 151 Å². The summed E-state index contributed by atoms with van der Waals surface area (Å²) < 4.78 is 43.8. The van der Waals surface area contributed by atoms with Crippen molar-refractivity contribution in [3.63, 3.8) is 0 Å². The zero-order valence-electron chi connectivity index (χ0n) is 14.6. The van der Waals surface area contributed by atoms with Gasteiger partial charge in [-0.1, -0.05) is 12.1 Å². The van der Waals surface area contributed by atoms with E-state index in [-0.39, 0.29) is 16.5 Å². The van der Waals surface area contributed by atoms with E-state index >= 15 is 0 Å². The van der Waals surface area contributed by atoms with Crippen LogP contribution < -0.4 is 10.1 Å². The molecule has 0 aliphatic rings. The summed E-state index contributed by atoms with van der Waals surface area (Å²) in [5.74, 6) is -0.634. The number of sulfonamides is 1. The second-order valence-corrected chi connectivity index (χ2v) is 7.65. The fourth-order valence-electron chi connectivity index (χ4n) is 2.08. The molecule has 0 heterocycles. The molecule has 0 unspecified atom stereocenters. The summed E-state index contributed by atoms with van der Waals surface area (Å²) in [4.78, 5) is 12.0. The standard InChI is InChI=1S/C18H19FN2O4S/c1-21(2)26(23,24)17-12-15(9-10-16(17)25-3)20-18(22)11-6-13-4-7-14(19)8-5-13/h4-12H,1-3H3,(H,20,22)/b11-6+. The fraction of sp³-hybridized carbons (Fsp3) is 0.167. The lowest BCUT2D eigenvalue weighted by Crippen LogP contribution is -2.23. The molecule has 2 aromatic carbocycles. The van der Waals surface area contributed by atoms with E-state index < -0.39 is 15.9 Å². The van der Waals surface area contributed by atoms with Gasteiger partial charge in [-0.05, 0) is 42.0 Å². The van der Waals surface area contributed by atoms with E-state index in [0.717, 1.165) is 4.31 Å². The molecule has 0 aliphatic heterocycles. The molecule has 0 aromatic heterocycles. The van der Waals surface area contributed by atoms with Gasteiger partial charge in [-0.25, -0.2) is 17.1 Å². The number of carbonyl (C=O) groups excluding carboxylic acids is 1. The topological polar surface area (TPSA) is 75.7 Å². The average Bonchev–Trinajstić information content (AvgIpc) is 2.61. The van der Waals surface area contributed by atoms with Crippen LogP contribution in [0, 0.1) is 5.82 Å². The zero-order chi connectivity index (χ0) is 19.3. The predicted molar refractivity (Wildman–Crippen MR) is 97.9 cm³/mol. The van der Waals surface area contributed by atoms with Gasteiger partial charge in [0.1, 0.15) is 16.5 Å². The summed E-state index contributed by atoms with van der Waals surface area (Å²) in [6, 6.07) is 9.99. The minimum absolute atomic E-state index is 0.0506. The number of methoxy groups -OCH3 is 1. The van der Waals surface area contributed by atoms with Crippen molar-refractivity contribution in [2.24, 2.45) is 0 Å². The van der Waals surface area contributed by atoms with E-state index in [0.29, 0.717) is 11.3 Å². The van der Waals surface area contributed by atoms with Crippen molar-refractivity contribution >= 4 is 27.7 Å². The fourth-order valence-corrected chi connectivity index (χ4v) is 3.16. The first-order valence-electron chi connectivity index (χ1n) is 7.59. The number of halogens is 1. The number of carbonyl (C=O) groups is 1. The van der Waals surface area contributed by atoms with Gasteiger partial charge in [0, 0.05) is 25.9 Å². The number of hydrogen-bond donors (Lipinski definition) is 1. The maximum atomic E-state index is 12.9. The number of ether oxygens (including phenoxy) is 1. The molecule has 0 bridgehead atoms. The lowest BCUT2D eigenvalue weighted by Gasteiger charge is -2.15. The Bertz CT molecular complexity index is 923. The van der Waals surface area contributed by atoms with Crippen LogP contribution >= 0.6 is 0 Å². The quantitative estimate of drug-likeness (QED) is 0.785. The molecule has 2 rings (SSSR count). The van der Waals surface area contributed by atoms with Crippen molar-refractivity contribution in [1.29, 1.82) is 0 Å². The molecule has 1 amide bonds. The second-order valence-electron chi connectivity index (χ2n) is 5.53. The van der Waals surface area contributed by atoms with Gasteiger partial charge in [0.2, 0.25) is 15.9 Å². The van der Waals surface area contributed by atoms with Crippen LogP contribution in [0.4, 0.5) is 10.1 Å². The maximum absolute atomic E-state index is 12.9. The van der Waals surface area contributed by atoms with Crippen LogP contribution in [0.1, 0.15) is 5.56 Å². The molecule has 138 valence electrons. The molecule has 8 heteroatoms. The summed E-state index contributed by atoms with van der Waals surface area (Å²) in [7, 11) is 0.451. The van der Waals surface area contributed by atoms with Crippen LogP contribution in [0.5, 0.6) is 5.75 Å². The van der Waals surface area contributed by atoms with Crippen molar-refractivity contribution in [2.45, 2.75) is 4.90 Å². The van der Waals surface area contributed by atoms with Crippen molar-refractivity contribution in [3.05, 3.63) is 59.9 Å². The number of rotatable bonds is 6. The molecule has 0 aliphatic carbocycles. The summed E-state index contributed by atoms with van der Waals surface area (Å²) in [6.07, 6.45) is 2.80. The monoisotopic (exact) mass is 378 g/mol. The average molecular weight is 378 g/mol. The van der Waals surface area contributed by atoms with Gasteiger partial charge < -0.3 is 10.1 Å². The highest BCUT2D eigenvalue weighted by Gasteiger charge is 2.22. The molecule has 0 fully saturated rings. The van der Waals surface area contributed by atoms with Gasteiger partial charge in [0.25, 0.3) is 0 Å². The molecule has 0 saturated carbocycles. The SMILES string of the molecule is COc1ccc(NC(=O)/C=C/c2ccc(F)cc2)cc1S(=O)(=O)N(C)C. The van der Waals surface area contributed by atoms with Crippen LogP contribution in [0.3, 0.4) is 0 Å². The molecule has 6 nitrogen and oxygen atoms in total. The molecule has 0 spiro atoms. The van der Waals surface area contributed by atoms with Crippen LogP contribution in [-0.4, -0.2) is 39.8 Å². The summed E-state index contributed by atoms with van der Waals surface area (Å²) >= 11 is 0. The molecule has 0 atom stereocenters. The second kappa shape index (κ2) is 8.11. The Kier molecular flexibility index (Phi) is 6.12. The molecular weight excluding hydrogens is 359 g/mol. The van der Waals surface area contributed by atoms with Gasteiger partial charge in [-0.3, -0.25) is 4.79 Å². The highest BCUT2D eigenvalue weighted by Crippen LogP contribution is 2.28. The maximum Gasteiger partial charge on any atom is 0.248 e. The highest BCUT2D eigenvalue weighted by atomic mass is 32.2. The largest absolute Gasteiger partial charge is 0.495 e. The molecule has 0 saturated heterocycles. The summed E-state index contributed by atoms with van der Waals surface area (Å²) in [5, 5.41) is 2.59. The molecule has 1 N–H and O–H groups in total. The highest BCUT2D eigenvalue weighted by molar-refractivity contribution is 7.89. The van der Waals surface area contributed by atoms with E-state index in [1.54, 1.807) is 0 Å². The predicted octanol–water partition coefficient (Wildman–Crippen LogP) is 2.74. The molecule has 26 heavy (non-hydrogen) atoms. The van der Waals surface area contributed by atoms with E-state index in [9.17, 15) is 17.6 Å². The first kappa shape index (κ1) is 19.6. The van der Waals surface area contributed by atoms with E-state index in [1.807, 2.05) is 0 Å². The van der Waals surface area contributed by atoms with E-state index in [2.05, 4.69) is 5.32 Å². The Morgan fingerprint density at radius 2 is 1.81 bits per heavy atom. The zero-order valence-corrected chi connectivity index (χ0v) is 15.4. The van der Waals surface area contributed by atoms with Gasteiger partial charge >= 0.3 is 0 Å². The van der Waals surface area contributed by atoms with Crippen molar-refractivity contribution in [3.8, 4) is 5.75 Å². The smallest absolute Gasteiger partial charge is 0.248 e. The van der Waals surface area contributed by atoms with Gasteiger partial charge in [0.05, 0.1) is 7.11 Å². The third kappa shape index (κ3) is 4.68. The van der Waals surface area contributed by atoms with Crippen molar-refractivity contribution < 1.29 is 22.3 Å². The van der Waals surface area contributed by atoms with Crippen LogP contribution in [0.25, 0.3) is 6.08 Å². The Morgan fingerprint density at radius 3 is 2.38 bits per heavy atom. The lowest BCUT2D eigenvalue weighted by molar-refractivity contribution is -0.111. The third-order valence-corrected chi connectivity index (χ3v) is 5.32. The first-order chi connectivity index (χ1) is 12.2. The Balaban J connectivity index is 2.21. The van der Waals surface area contributed by atoms with E-state index in [1.165, 1.54) is 75.8 Å². The minimum Gasteiger partial charge on any atom is -0.495 e. The van der Waals surface area contributed by atoms with Crippen LogP contribution in [0.2, 0.25) is 0 Å². The van der Waals surface area contributed by atoms with Crippen LogP contribution in [-0.2, 0) is 14.8 Å². The minimum atomic E-state index is -3.73. The van der Waals surface area contributed by atoms with Crippen LogP contribution in [0.15, 0.2) is 53.4 Å². The number of nitrogens with zero attached hydrogens (tertiary/aromatic N) is 1. The molecular formula is C18H19FN2O4S.